The average molecular weight is 261 g/mol. The molecular weight excluding hydrogens is 244 g/mol. The Morgan fingerprint density at radius 2 is 2.25 bits per heavy atom. The van der Waals surface area contributed by atoms with Gasteiger partial charge in [-0.3, -0.25) is 4.79 Å². The highest BCUT2D eigenvalue weighted by atomic mass is 35.5. The summed E-state index contributed by atoms with van der Waals surface area (Å²) in [5, 5.41) is 10.2. The molecule has 1 aliphatic heterocycles. The zero-order chi connectivity index (χ0) is 10.5. The molecule has 0 atom stereocenters. The molecule has 0 saturated carbocycles. The lowest BCUT2D eigenvalue weighted by molar-refractivity contribution is -0.117. The van der Waals surface area contributed by atoms with Crippen molar-refractivity contribution in [2.24, 2.45) is 5.92 Å². The van der Waals surface area contributed by atoms with Crippen molar-refractivity contribution in [3.05, 3.63) is 16.8 Å². The number of nitrogens with one attached hydrogen (secondary N) is 2. The maximum atomic E-state index is 11.7. The molecule has 0 radical (unpaired) electrons. The maximum absolute atomic E-state index is 11.7. The molecule has 0 aliphatic carbocycles. The zero-order valence-electron chi connectivity index (χ0n) is 9.07. The van der Waals surface area contributed by atoms with Crippen LogP contribution in [-0.4, -0.2) is 19.0 Å². The van der Waals surface area contributed by atoms with Crippen LogP contribution in [0.2, 0.25) is 0 Å². The Hall–Kier alpha value is -0.580. The van der Waals surface area contributed by atoms with Crippen LogP contribution in [0.4, 0.5) is 5.69 Å². The summed E-state index contributed by atoms with van der Waals surface area (Å²) in [7, 11) is 0. The molecule has 3 nitrogen and oxygen atoms in total. The summed E-state index contributed by atoms with van der Waals surface area (Å²) in [6.07, 6.45) is 2.91. The summed E-state index contributed by atoms with van der Waals surface area (Å²) in [5.41, 5.74) is 0.930. The molecule has 0 bridgehead atoms. The second-order valence-corrected chi connectivity index (χ2v) is 4.74. The first kappa shape index (κ1) is 13.5. The van der Waals surface area contributed by atoms with Gasteiger partial charge in [-0.15, -0.1) is 12.4 Å². The highest BCUT2D eigenvalue weighted by Gasteiger charge is 2.16. The van der Waals surface area contributed by atoms with Gasteiger partial charge in [0.2, 0.25) is 5.91 Å². The van der Waals surface area contributed by atoms with E-state index in [0.717, 1.165) is 31.6 Å². The summed E-state index contributed by atoms with van der Waals surface area (Å²) in [5.74, 6) is 0.713. The van der Waals surface area contributed by atoms with Gasteiger partial charge >= 0.3 is 0 Å². The Morgan fingerprint density at radius 3 is 2.88 bits per heavy atom. The van der Waals surface area contributed by atoms with E-state index in [1.807, 2.05) is 16.8 Å². The Bertz CT molecular complexity index is 310. The molecular formula is C11H17ClN2OS. The fourth-order valence-corrected chi connectivity index (χ4v) is 2.48. The molecule has 1 amide bonds. The van der Waals surface area contributed by atoms with Crippen molar-refractivity contribution < 1.29 is 4.79 Å². The Labute approximate surface area is 106 Å². The predicted octanol–water partition coefficient (Wildman–Crippen LogP) is 2.50. The molecule has 90 valence electrons. The van der Waals surface area contributed by atoms with Gasteiger partial charge in [0, 0.05) is 11.8 Å². The van der Waals surface area contributed by atoms with Gasteiger partial charge in [-0.1, -0.05) is 0 Å². The monoisotopic (exact) mass is 260 g/mol. The van der Waals surface area contributed by atoms with E-state index in [1.54, 1.807) is 11.3 Å². The van der Waals surface area contributed by atoms with E-state index < -0.39 is 0 Å². The number of anilines is 1. The highest BCUT2D eigenvalue weighted by molar-refractivity contribution is 7.08. The van der Waals surface area contributed by atoms with E-state index in [-0.39, 0.29) is 18.3 Å². The molecule has 16 heavy (non-hydrogen) atoms. The third-order valence-corrected chi connectivity index (χ3v) is 3.42. The van der Waals surface area contributed by atoms with Gasteiger partial charge in [0.15, 0.2) is 0 Å². The van der Waals surface area contributed by atoms with E-state index in [1.165, 1.54) is 0 Å². The van der Waals surface area contributed by atoms with E-state index in [2.05, 4.69) is 10.6 Å². The second-order valence-electron chi connectivity index (χ2n) is 3.96. The number of rotatable bonds is 3. The van der Waals surface area contributed by atoms with Crippen LogP contribution in [0, 0.1) is 5.92 Å². The molecule has 1 aliphatic rings. The van der Waals surface area contributed by atoms with Crippen molar-refractivity contribution in [2.45, 2.75) is 19.3 Å². The van der Waals surface area contributed by atoms with Gasteiger partial charge < -0.3 is 10.6 Å². The van der Waals surface area contributed by atoms with Crippen molar-refractivity contribution in [1.29, 1.82) is 0 Å². The number of carbonyl (C=O) groups excluding carboxylic acids is 1. The van der Waals surface area contributed by atoms with E-state index >= 15 is 0 Å². The number of halogens is 1. The van der Waals surface area contributed by atoms with E-state index in [9.17, 15) is 4.79 Å². The molecule has 0 spiro atoms. The van der Waals surface area contributed by atoms with Crippen molar-refractivity contribution in [3.63, 3.8) is 0 Å². The van der Waals surface area contributed by atoms with Crippen molar-refractivity contribution in [1.82, 2.24) is 5.32 Å². The normalized spacial score (nSPS) is 16.5. The summed E-state index contributed by atoms with van der Waals surface area (Å²) < 4.78 is 0. The minimum absolute atomic E-state index is 0. The zero-order valence-corrected chi connectivity index (χ0v) is 10.7. The summed E-state index contributed by atoms with van der Waals surface area (Å²) in [6.45, 7) is 2.10. The molecule has 0 unspecified atom stereocenters. The van der Waals surface area contributed by atoms with Crippen LogP contribution < -0.4 is 10.6 Å². The first-order chi connectivity index (χ1) is 7.34. The smallest absolute Gasteiger partial charge is 0.224 e. The second kappa shape index (κ2) is 6.89. The number of carbonyl (C=O) groups is 1. The first-order valence-corrected chi connectivity index (χ1v) is 6.31. The SMILES string of the molecule is Cl.O=C(CC1CCNCC1)Nc1ccsc1. The molecule has 0 aromatic carbocycles. The number of hydrogen-bond acceptors (Lipinski definition) is 3. The van der Waals surface area contributed by atoms with Crippen LogP contribution in [0.3, 0.4) is 0 Å². The third-order valence-electron chi connectivity index (χ3n) is 2.74. The molecule has 2 rings (SSSR count). The Balaban J connectivity index is 0.00000128. The predicted molar refractivity (Wildman–Crippen MR) is 70.4 cm³/mol. The fourth-order valence-electron chi connectivity index (χ4n) is 1.90. The van der Waals surface area contributed by atoms with Gasteiger partial charge in [-0.25, -0.2) is 0 Å². The minimum atomic E-state index is 0. The quantitative estimate of drug-likeness (QED) is 0.877. The molecule has 1 aromatic heterocycles. The molecule has 1 aromatic rings. The van der Waals surface area contributed by atoms with E-state index in [0.29, 0.717) is 12.3 Å². The van der Waals surface area contributed by atoms with Crippen LogP contribution in [0.5, 0.6) is 0 Å². The van der Waals surface area contributed by atoms with E-state index in [4.69, 9.17) is 0 Å². The maximum Gasteiger partial charge on any atom is 0.224 e. The van der Waals surface area contributed by atoms with Crippen LogP contribution in [0.15, 0.2) is 16.8 Å². The van der Waals surface area contributed by atoms with Gasteiger partial charge in [-0.05, 0) is 43.3 Å². The number of hydrogen-bond donors (Lipinski definition) is 2. The van der Waals surface area contributed by atoms with Crippen molar-refractivity contribution >= 4 is 35.3 Å². The van der Waals surface area contributed by atoms with Crippen molar-refractivity contribution in [2.75, 3.05) is 18.4 Å². The highest BCUT2D eigenvalue weighted by Crippen LogP contribution is 2.18. The standard InChI is InChI=1S/C11H16N2OS.ClH/c14-11(13-10-3-6-15-8-10)7-9-1-4-12-5-2-9;/h3,6,8-9,12H,1-2,4-5,7H2,(H,13,14);1H. The van der Waals surface area contributed by atoms with Crippen LogP contribution >= 0.6 is 23.7 Å². The Kier molecular flexibility index (Phi) is 5.80. The van der Waals surface area contributed by atoms with Crippen molar-refractivity contribution in [3.8, 4) is 0 Å². The first-order valence-electron chi connectivity index (χ1n) is 5.37. The van der Waals surface area contributed by atoms with Gasteiger partial charge in [-0.2, -0.15) is 11.3 Å². The lowest BCUT2D eigenvalue weighted by atomic mass is 9.94. The Morgan fingerprint density at radius 1 is 1.50 bits per heavy atom. The fraction of sp³-hybridized carbons (Fsp3) is 0.545. The van der Waals surface area contributed by atoms with Crippen LogP contribution in [-0.2, 0) is 4.79 Å². The summed E-state index contributed by atoms with van der Waals surface area (Å²) >= 11 is 1.60. The lowest BCUT2D eigenvalue weighted by Gasteiger charge is -2.21. The molecule has 2 N–H and O–H groups in total. The molecule has 5 heteroatoms. The molecule has 2 heterocycles. The average Bonchev–Trinajstić information content (AvgIpc) is 2.71. The summed E-state index contributed by atoms with van der Waals surface area (Å²) in [4.78, 5) is 11.7. The number of thiophene rings is 1. The third kappa shape index (κ3) is 4.12. The summed E-state index contributed by atoms with van der Waals surface area (Å²) in [6, 6.07) is 1.94. The van der Waals surface area contributed by atoms with Gasteiger partial charge in [0.05, 0.1) is 5.69 Å². The molecule has 1 fully saturated rings. The van der Waals surface area contributed by atoms with Gasteiger partial charge in [0.1, 0.15) is 0 Å². The van der Waals surface area contributed by atoms with Crippen LogP contribution in [0.1, 0.15) is 19.3 Å². The topological polar surface area (TPSA) is 41.1 Å². The minimum Gasteiger partial charge on any atom is -0.325 e. The largest absolute Gasteiger partial charge is 0.325 e. The number of piperidine rings is 1. The van der Waals surface area contributed by atoms with Crippen LogP contribution in [0.25, 0.3) is 0 Å². The molecule has 1 saturated heterocycles. The number of amides is 1. The lowest BCUT2D eigenvalue weighted by Crippen LogP contribution is -2.30. The van der Waals surface area contributed by atoms with Gasteiger partial charge in [0.25, 0.3) is 0 Å².